The summed E-state index contributed by atoms with van der Waals surface area (Å²) in [5.74, 6) is -0.103. The van der Waals surface area contributed by atoms with E-state index < -0.39 is 0 Å². The average Bonchev–Trinajstić information content (AvgIpc) is 2.80. The first-order valence-corrected chi connectivity index (χ1v) is 7.57. The van der Waals surface area contributed by atoms with E-state index in [4.69, 9.17) is 0 Å². The van der Waals surface area contributed by atoms with E-state index in [1.54, 1.807) is 16.2 Å². The van der Waals surface area contributed by atoms with Gasteiger partial charge in [-0.25, -0.2) is 4.79 Å². The SMILES string of the molecule is Cc1ccc(NC(=O)CCn2c(=O)n(C)c3ccccc32)cc1. The standard InChI is InChI=1S/C18H19N3O2/c1-13-7-9-14(10-8-13)19-17(22)11-12-21-16-6-4-3-5-15(16)20(2)18(21)23/h3-10H,11-12H2,1-2H3,(H,19,22). The van der Waals surface area contributed by atoms with E-state index in [-0.39, 0.29) is 18.0 Å². The fourth-order valence-corrected chi connectivity index (χ4v) is 2.65. The molecule has 0 saturated carbocycles. The molecule has 5 nitrogen and oxygen atoms in total. The molecular weight excluding hydrogens is 290 g/mol. The maximum Gasteiger partial charge on any atom is 0.328 e. The summed E-state index contributed by atoms with van der Waals surface area (Å²) in [6.45, 7) is 2.36. The largest absolute Gasteiger partial charge is 0.328 e. The van der Waals surface area contributed by atoms with E-state index in [1.165, 1.54) is 0 Å². The fourth-order valence-electron chi connectivity index (χ4n) is 2.65. The molecule has 1 aromatic heterocycles. The third-order valence-corrected chi connectivity index (χ3v) is 3.95. The van der Waals surface area contributed by atoms with Crippen molar-refractivity contribution in [3.05, 3.63) is 64.6 Å². The van der Waals surface area contributed by atoms with Crippen molar-refractivity contribution in [2.75, 3.05) is 5.32 Å². The third-order valence-electron chi connectivity index (χ3n) is 3.95. The molecule has 2 aromatic carbocycles. The first-order valence-electron chi connectivity index (χ1n) is 7.57. The Kier molecular flexibility index (Phi) is 4.02. The molecule has 0 saturated heterocycles. The number of amides is 1. The number of fused-ring (bicyclic) bond motifs is 1. The van der Waals surface area contributed by atoms with Crippen LogP contribution in [0.2, 0.25) is 0 Å². The smallest absolute Gasteiger partial charge is 0.326 e. The van der Waals surface area contributed by atoms with Gasteiger partial charge in [-0.1, -0.05) is 29.8 Å². The lowest BCUT2D eigenvalue weighted by atomic mass is 10.2. The van der Waals surface area contributed by atoms with Crippen LogP contribution in [0.5, 0.6) is 0 Å². The summed E-state index contributed by atoms with van der Waals surface area (Å²) in [6, 6.07) is 15.2. The van der Waals surface area contributed by atoms with Gasteiger partial charge >= 0.3 is 5.69 Å². The number of carbonyl (C=O) groups is 1. The Balaban J connectivity index is 1.73. The minimum absolute atomic E-state index is 0.102. The van der Waals surface area contributed by atoms with E-state index in [9.17, 15) is 9.59 Å². The first-order chi connectivity index (χ1) is 11.1. The number of aryl methyl sites for hydroxylation is 3. The van der Waals surface area contributed by atoms with Crippen molar-refractivity contribution < 1.29 is 4.79 Å². The summed E-state index contributed by atoms with van der Waals surface area (Å²) in [7, 11) is 1.74. The molecule has 5 heteroatoms. The highest BCUT2D eigenvalue weighted by Gasteiger charge is 2.11. The number of nitrogens with one attached hydrogen (secondary N) is 1. The van der Waals surface area contributed by atoms with Crippen LogP contribution in [0.15, 0.2) is 53.3 Å². The molecule has 0 fully saturated rings. The van der Waals surface area contributed by atoms with Gasteiger partial charge in [0.2, 0.25) is 5.91 Å². The number of hydrogen-bond acceptors (Lipinski definition) is 2. The summed E-state index contributed by atoms with van der Waals surface area (Å²) in [6.07, 6.45) is 0.252. The number of hydrogen-bond donors (Lipinski definition) is 1. The first kappa shape index (κ1) is 15.1. The Morgan fingerprint density at radius 1 is 1.04 bits per heavy atom. The monoisotopic (exact) mass is 309 g/mol. The van der Waals surface area contributed by atoms with E-state index in [1.807, 2.05) is 55.5 Å². The molecule has 23 heavy (non-hydrogen) atoms. The second-order valence-corrected chi connectivity index (χ2v) is 5.65. The lowest BCUT2D eigenvalue weighted by Crippen LogP contribution is -2.24. The molecule has 1 heterocycles. The van der Waals surface area contributed by atoms with Crippen LogP contribution in [0.25, 0.3) is 11.0 Å². The zero-order valence-electron chi connectivity index (χ0n) is 13.2. The summed E-state index contributed by atoms with van der Waals surface area (Å²) < 4.78 is 3.25. The molecule has 1 N–H and O–H groups in total. The predicted molar refractivity (Wildman–Crippen MR) is 91.6 cm³/mol. The lowest BCUT2D eigenvalue weighted by Gasteiger charge is -2.06. The van der Waals surface area contributed by atoms with Crippen LogP contribution < -0.4 is 11.0 Å². The Bertz CT molecular complexity index is 904. The molecular formula is C18H19N3O2. The normalized spacial score (nSPS) is 10.9. The zero-order valence-corrected chi connectivity index (χ0v) is 13.2. The molecule has 0 aliphatic rings. The maximum atomic E-state index is 12.3. The lowest BCUT2D eigenvalue weighted by molar-refractivity contribution is -0.116. The topological polar surface area (TPSA) is 56.0 Å². The number of aromatic nitrogens is 2. The van der Waals surface area contributed by atoms with E-state index in [0.717, 1.165) is 22.3 Å². The molecule has 0 aliphatic heterocycles. The molecule has 0 atom stereocenters. The van der Waals surface area contributed by atoms with E-state index >= 15 is 0 Å². The number of para-hydroxylation sites is 2. The van der Waals surface area contributed by atoms with Crippen molar-refractivity contribution in [2.45, 2.75) is 19.9 Å². The van der Waals surface area contributed by atoms with Gasteiger partial charge in [-0.15, -0.1) is 0 Å². The summed E-state index contributed by atoms with van der Waals surface area (Å²) in [4.78, 5) is 24.4. The average molecular weight is 309 g/mol. The Labute approximate surface area is 134 Å². The Hall–Kier alpha value is -2.82. The van der Waals surface area contributed by atoms with E-state index in [2.05, 4.69) is 5.32 Å². The minimum Gasteiger partial charge on any atom is -0.326 e. The van der Waals surface area contributed by atoms with Gasteiger partial charge in [0.25, 0.3) is 0 Å². The zero-order chi connectivity index (χ0) is 16.4. The van der Waals surface area contributed by atoms with E-state index in [0.29, 0.717) is 6.54 Å². The van der Waals surface area contributed by atoms with Gasteiger partial charge in [-0.2, -0.15) is 0 Å². The van der Waals surface area contributed by atoms with Gasteiger partial charge in [0.1, 0.15) is 0 Å². The Morgan fingerprint density at radius 3 is 2.39 bits per heavy atom. The third kappa shape index (κ3) is 3.04. The van der Waals surface area contributed by atoms with Crippen molar-refractivity contribution in [3.8, 4) is 0 Å². The highest BCUT2D eigenvalue weighted by molar-refractivity contribution is 5.90. The predicted octanol–water partition coefficient (Wildman–Crippen LogP) is 2.68. The molecule has 3 aromatic rings. The molecule has 0 bridgehead atoms. The van der Waals surface area contributed by atoms with Gasteiger partial charge in [0, 0.05) is 25.7 Å². The van der Waals surface area contributed by atoms with Crippen LogP contribution in [0.4, 0.5) is 5.69 Å². The van der Waals surface area contributed by atoms with Crippen molar-refractivity contribution in [2.24, 2.45) is 7.05 Å². The molecule has 0 unspecified atom stereocenters. The van der Waals surface area contributed by atoms with Crippen molar-refractivity contribution in [1.82, 2.24) is 9.13 Å². The molecule has 118 valence electrons. The van der Waals surface area contributed by atoms with Crippen molar-refractivity contribution in [1.29, 1.82) is 0 Å². The van der Waals surface area contributed by atoms with Crippen LogP contribution in [-0.4, -0.2) is 15.0 Å². The number of imidazole rings is 1. The van der Waals surface area contributed by atoms with Crippen LogP contribution in [0.3, 0.4) is 0 Å². The van der Waals surface area contributed by atoms with Gasteiger partial charge in [-0.05, 0) is 31.2 Å². The highest BCUT2D eigenvalue weighted by Crippen LogP contribution is 2.13. The summed E-state index contributed by atoms with van der Waals surface area (Å²) in [5.41, 5.74) is 3.53. The number of anilines is 1. The van der Waals surface area contributed by atoms with Gasteiger partial charge in [0.15, 0.2) is 0 Å². The highest BCUT2D eigenvalue weighted by atomic mass is 16.2. The fraction of sp³-hybridized carbons (Fsp3) is 0.222. The number of benzene rings is 2. The second-order valence-electron chi connectivity index (χ2n) is 5.65. The van der Waals surface area contributed by atoms with Crippen LogP contribution in [-0.2, 0) is 18.4 Å². The molecule has 1 amide bonds. The van der Waals surface area contributed by atoms with Gasteiger partial charge < -0.3 is 5.32 Å². The Morgan fingerprint density at radius 2 is 1.70 bits per heavy atom. The molecule has 0 radical (unpaired) electrons. The second kappa shape index (κ2) is 6.12. The van der Waals surface area contributed by atoms with Crippen molar-refractivity contribution in [3.63, 3.8) is 0 Å². The molecule has 0 aliphatic carbocycles. The molecule has 0 spiro atoms. The maximum absolute atomic E-state index is 12.3. The van der Waals surface area contributed by atoms with Crippen LogP contribution in [0.1, 0.15) is 12.0 Å². The van der Waals surface area contributed by atoms with Crippen molar-refractivity contribution >= 4 is 22.6 Å². The van der Waals surface area contributed by atoms with Gasteiger partial charge in [-0.3, -0.25) is 13.9 Å². The number of rotatable bonds is 4. The number of carbonyl (C=O) groups excluding carboxylic acids is 1. The van der Waals surface area contributed by atoms with Crippen LogP contribution in [0, 0.1) is 6.92 Å². The quantitative estimate of drug-likeness (QED) is 0.805. The van der Waals surface area contributed by atoms with Crippen LogP contribution >= 0.6 is 0 Å². The molecule has 3 rings (SSSR count). The number of nitrogens with zero attached hydrogens (tertiary/aromatic N) is 2. The minimum atomic E-state index is -0.103. The summed E-state index contributed by atoms with van der Waals surface area (Å²) in [5, 5.41) is 2.85. The van der Waals surface area contributed by atoms with Gasteiger partial charge in [0.05, 0.1) is 11.0 Å². The summed E-state index contributed by atoms with van der Waals surface area (Å²) >= 11 is 0.